The van der Waals surface area contributed by atoms with Crippen molar-refractivity contribution in [3.8, 4) is 11.5 Å². The lowest BCUT2D eigenvalue weighted by Gasteiger charge is -2.27. The van der Waals surface area contributed by atoms with Crippen molar-refractivity contribution in [2.24, 2.45) is 0 Å². The Balaban J connectivity index is 1.78. The van der Waals surface area contributed by atoms with Crippen LogP contribution in [-0.4, -0.2) is 59.7 Å². The van der Waals surface area contributed by atoms with E-state index in [-0.39, 0.29) is 17.4 Å². The predicted octanol–water partition coefficient (Wildman–Crippen LogP) is 4.30. The number of amides is 3. The van der Waals surface area contributed by atoms with E-state index in [9.17, 15) is 14.4 Å². The van der Waals surface area contributed by atoms with Gasteiger partial charge in [0.1, 0.15) is 13.2 Å². The number of hydrogen-bond acceptors (Lipinski definition) is 6. The van der Waals surface area contributed by atoms with Gasteiger partial charge in [0, 0.05) is 13.1 Å². The van der Waals surface area contributed by atoms with Crippen molar-refractivity contribution in [1.82, 2.24) is 9.80 Å². The van der Waals surface area contributed by atoms with Gasteiger partial charge >= 0.3 is 0 Å². The SMILES string of the molecule is C=CCOc1c(I)cc(/C=C2\SC(=O)N(CC(=O)N3CCCCC3)C2=O)cc1OCC. The molecule has 0 aliphatic carbocycles. The average molecular weight is 556 g/mol. The summed E-state index contributed by atoms with van der Waals surface area (Å²) in [6, 6.07) is 3.63. The molecule has 9 heteroatoms. The second-order valence-corrected chi connectivity index (χ2v) is 9.23. The van der Waals surface area contributed by atoms with Crippen molar-refractivity contribution in [2.75, 3.05) is 32.8 Å². The minimum atomic E-state index is -0.444. The summed E-state index contributed by atoms with van der Waals surface area (Å²) in [5.74, 6) is 0.544. The quantitative estimate of drug-likeness (QED) is 0.270. The topological polar surface area (TPSA) is 76.2 Å². The van der Waals surface area contributed by atoms with Gasteiger partial charge in [0.25, 0.3) is 11.1 Å². The van der Waals surface area contributed by atoms with E-state index in [1.807, 2.05) is 13.0 Å². The lowest BCUT2D eigenvalue weighted by Crippen LogP contribution is -2.44. The van der Waals surface area contributed by atoms with E-state index in [1.54, 1.807) is 23.1 Å². The molecule has 166 valence electrons. The molecule has 0 spiro atoms. The molecule has 1 aromatic rings. The van der Waals surface area contributed by atoms with Crippen LogP contribution in [0.25, 0.3) is 6.08 Å². The zero-order valence-electron chi connectivity index (χ0n) is 17.4. The van der Waals surface area contributed by atoms with Crippen LogP contribution >= 0.6 is 34.4 Å². The van der Waals surface area contributed by atoms with Gasteiger partial charge in [0.2, 0.25) is 5.91 Å². The number of carbonyl (C=O) groups excluding carboxylic acids is 3. The molecule has 31 heavy (non-hydrogen) atoms. The molecule has 7 nitrogen and oxygen atoms in total. The number of rotatable bonds is 8. The number of likely N-dealkylation sites (tertiary alicyclic amines) is 1. The van der Waals surface area contributed by atoms with Gasteiger partial charge in [-0.3, -0.25) is 19.3 Å². The van der Waals surface area contributed by atoms with Gasteiger partial charge in [-0.25, -0.2) is 0 Å². The van der Waals surface area contributed by atoms with Crippen molar-refractivity contribution in [3.05, 3.63) is 38.8 Å². The first kappa shape index (κ1) is 23.6. The molecule has 0 unspecified atom stereocenters. The standard InChI is InChI=1S/C22H25IN2O5S/c1-3-10-30-20-16(23)11-15(12-17(20)29-4-2)13-18-21(27)25(22(28)31-18)14-19(26)24-8-6-5-7-9-24/h3,11-13H,1,4-10,14H2,2H3/b18-13-. The van der Waals surface area contributed by atoms with Gasteiger partial charge in [0.05, 0.1) is 15.1 Å². The number of hydrogen-bond donors (Lipinski definition) is 0. The third-order valence-electron chi connectivity index (χ3n) is 4.85. The molecule has 0 atom stereocenters. The number of thioether (sulfide) groups is 1. The number of imide groups is 1. The Hall–Kier alpha value is -2.01. The molecule has 0 bridgehead atoms. The Kier molecular flexibility index (Phi) is 8.42. The van der Waals surface area contributed by atoms with E-state index in [4.69, 9.17) is 9.47 Å². The van der Waals surface area contributed by atoms with Crippen molar-refractivity contribution in [2.45, 2.75) is 26.2 Å². The van der Waals surface area contributed by atoms with E-state index in [0.29, 0.717) is 43.4 Å². The molecule has 2 heterocycles. The van der Waals surface area contributed by atoms with Crippen LogP contribution in [0.4, 0.5) is 4.79 Å². The predicted molar refractivity (Wildman–Crippen MR) is 129 cm³/mol. The highest BCUT2D eigenvalue weighted by Crippen LogP contribution is 2.37. The fourth-order valence-electron chi connectivity index (χ4n) is 3.38. The summed E-state index contributed by atoms with van der Waals surface area (Å²) >= 11 is 2.99. The summed E-state index contributed by atoms with van der Waals surface area (Å²) in [5.41, 5.74) is 0.715. The summed E-state index contributed by atoms with van der Waals surface area (Å²) in [5, 5.41) is -0.424. The molecule has 1 aromatic carbocycles. The molecular formula is C22H25IN2O5S. The van der Waals surface area contributed by atoms with Crippen LogP contribution in [0.5, 0.6) is 11.5 Å². The Bertz CT molecular complexity index is 911. The number of piperidine rings is 1. The van der Waals surface area contributed by atoms with Crippen LogP contribution in [-0.2, 0) is 9.59 Å². The van der Waals surface area contributed by atoms with Crippen LogP contribution in [0.1, 0.15) is 31.7 Å². The maximum absolute atomic E-state index is 12.8. The monoisotopic (exact) mass is 556 g/mol. The van der Waals surface area contributed by atoms with Gasteiger partial charge in [0.15, 0.2) is 11.5 Å². The smallest absolute Gasteiger partial charge is 0.294 e. The Morgan fingerprint density at radius 3 is 2.65 bits per heavy atom. The van der Waals surface area contributed by atoms with Crippen LogP contribution < -0.4 is 9.47 Å². The van der Waals surface area contributed by atoms with Crippen LogP contribution in [0.3, 0.4) is 0 Å². The van der Waals surface area contributed by atoms with E-state index < -0.39 is 11.1 Å². The Morgan fingerprint density at radius 2 is 1.97 bits per heavy atom. The van der Waals surface area contributed by atoms with Crippen molar-refractivity contribution in [1.29, 1.82) is 0 Å². The van der Waals surface area contributed by atoms with Crippen molar-refractivity contribution < 1.29 is 23.9 Å². The zero-order valence-corrected chi connectivity index (χ0v) is 20.4. The third-order valence-corrected chi connectivity index (χ3v) is 6.56. The fourth-order valence-corrected chi connectivity index (χ4v) is 5.00. The molecule has 2 fully saturated rings. The summed E-state index contributed by atoms with van der Waals surface area (Å²) in [4.78, 5) is 40.8. The highest BCUT2D eigenvalue weighted by atomic mass is 127. The lowest BCUT2D eigenvalue weighted by atomic mass is 10.1. The van der Waals surface area contributed by atoms with Gasteiger partial charge in [-0.15, -0.1) is 0 Å². The normalized spacial score (nSPS) is 17.9. The first-order chi connectivity index (χ1) is 14.9. The second-order valence-electron chi connectivity index (χ2n) is 7.07. The molecular weight excluding hydrogens is 531 g/mol. The number of benzene rings is 1. The summed E-state index contributed by atoms with van der Waals surface area (Å²) in [7, 11) is 0. The van der Waals surface area contributed by atoms with Gasteiger partial charge < -0.3 is 14.4 Å². The molecule has 2 aliphatic heterocycles. The van der Waals surface area contributed by atoms with Crippen LogP contribution in [0.15, 0.2) is 29.7 Å². The van der Waals surface area contributed by atoms with E-state index >= 15 is 0 Å². The van der Waals surface area contributed by atoms with Crippen molar-refractivity contribution >= 4 is 57.5 Å². The number of carbonyl (C=O) groups is 3. The van der Waals surface area contributed by atoms with Crippen molar-refractivity contribution in [3.63, 3.8) is 0 Å². The van der Waals surface area contributed by atoms with Gasteiger partial charge in [-0.2, -0.15) is 0 Å². The minimum absolute atomic E-state index is 0.180. The molecule has 3 rings (SSSR count). The highest BCUT2D eigenvalue weighted by Gasteiger charge is 2.37. The van der Waals surface area contributed by atoms with Crippen LogP contribution in [0.2, 0.25) is 0 Å². The van der Waals surface area contributed by atoms with Gasteiger partial charge in [-0.05, 0) is 84.3 Å². The summed E-state index contributed by atoms with van der Waals surface area (Å²) < 4.78 is 12.2. The highest BCUT2D eigenvalue weighted by molar-refractivity contribution is 14.1. The minimum Gasteiger partial charge on any atom is -0.490 e. The number of nitrogens with zero attached hydrogens (tertiary/aromatic N) is 2. The lowest BCUT2D eigenvalue weighted by molar-refractivity contribution is -0.136. The van der Waals surface area contributed by atoms with Crippen LogP contribution in [0, 0.1) is 3.57 Å². The second kappa shape index (κ2) is 11.0. The van der Waals surface area contributed by atoms with E-state index in [0.717, 1.165) is 39.5 Å². The molecule has 3 amide bonds. The summed E-state index contributed by atoms with van der Waals surface area (Å²) in [6.45, 7) is 7.50. The molecule has 2 aliphatic rings. The molecule has 0 saturated carbocycles. The molecule has 0 radical (unpaired) electrons. The zero-order chi connectivity index (χ0) is 22.4. The average Bonchev–Trinajstić information content (AvgIpc) is 3.01. The number of halogens is 1. The fraction of sp³-hybridized carbons (Fsp3) is 0.409. The first-order valence-electron chi connectivity index (χ1n) is 10.2. The van der Waals surface area contributed by atoms with E-state index in [1.165, 1.54) is 0 Å². The van der Waals surface area contributed by atoms with E-state index in [2.05, 4.69) is 29.2 Å². The maximum atomic E-state index is 12.8. The molecule has 0 N–H and O–H groups in total. The first-order valence-corrected chi connectivity index (χ1v) is 12.1. The molecule has 0 aromatic heterocycles. The van der Waals surface area contributed by atoms with Gasteiger partial charge in [-0.1, -0.05) is 12.7 Å². The largest absolute Gasteiger partial charge is 0.490 e. The Labute approximate surface area is 199 Å². The third kappa shape index (κ3) is 5.82. The Morgan fingerprint density at radius 1 is 1.23 bits per heavy atom. The summed E-state index contributed by atoms with van der Waals surface area (Å²) in [6.07, 6.45) is 6.33. The molecule has 2 saturated heterocycles. The maximum Gasteiger partial charge on any atom is 0.294 e. The number of ether oxygens (including phenoxy) is 2.